The lowest BCUT2D eigenvalue weighted by molar-refractivity contribution is 0.782. The molecule has 0 saturated carbocycles. The second-order valence-corrected chi connectivity index (χ2v) is 19.5. The molecule has 2 atom stereocenters. The maximum Gasteiger partial charge on any atom is 0.0568 e. The molecule has 0 N–H and O–H groups in total. The van der Waals surface area contributed by atoms with Crippen LogP contribution in [0.1, 0.15) is 70.3 Å². The van der Waals surface area contributed by atoms with Crippen LogP contribution in [0.5, 0.6) is 0 Å². The molecule has 3 heterocycles. The molecule has 0 amide bonds. The van der Waals surface area contributed by atoms with Gasteiger partial charge >= 0.3 is 0 Å². The van der Waals surface area contributed by atoms with Gasteiger partial charge in [-0.2, -0.15) is 0 Å². The summed E-state index contributed by atoms with van der Waals surface area (Å²) in [7, 11) is 0. The van der Waals surface area contributed by atoms with Crippen molar-refractivity contribution in [2.75, 3.05) is 9.80 Å². The molecule has 4 heteroatoms. The Balaban J connectivity index is 0.877. The average molecular weight is 903 g/mol. The highest BCUT2D eigenvalue weighted by molar-refractivity contribution is 6.04. The van der Waals surface area contributed by atoms with Gasteiger partial charge in [0.25, 0.3) is 0 Å². The minimum Gasteiger partial charge on any atom is -0.334 e. The number of benzene rings is 7. The maximum absolute atomic E-state index is 4.49. The van der Waals surface area contributed by atoms with E-state index in [0.29, 0.717) is 0 Å². The van der Waals surface area contributed by atoms with Crippen molar-refractivity contribution in [3.05, 3.63) is 251 Å². The van der Waals surface area contributed by atoms with Gasteiger partial charge in [0.1, 0.15) is 0 Å². The third-order valence-corrected chi connectivity index (χ3v) is 15.5. The number of para-hydroxylation sites is 1. The van der Waals surface area contributed by atoms with E-state index in [1.54, 1.807) is 0 Å². The van der Waals surface area contributed by atoms with E-state index in [-0.39, 0.29) is 12.0 Å². The van der Waals surface area contributed by atoms with E-state index >= 15 is 0 Å². The molecule has 3 aliphatic carbocycles. The van der Waals surface area contributed by atoms with Crippen LogP contribution in [-0.4, -0.2) is 15.6 Å². The van der Waals surface area contributed by atoms with Crippen molar-refractivity contribution >= 4 is 61.8 Å². The Morgan fingerprint density at radius 1 is 0.686 bits per heavy atom. The minimum atomic E-state index is 0.0957. The molecule has 70 heavy (non-hydrogen) atoms. The Labute approximate surface area is 411 Å². The van der Waals surface area contributed by atoms with Crippen molar-refractivity contribution in [1.82, 2.24) is 9.55 Å². The summed E-state index contributed by atoms with van der Waals surface area (Å²) in [5.41, 5.74) is 25.8. The van der Waals surface area contributed by atoms with Gasteiger partial charge in [-0.15, -0.1) is 0 Å². The lowest BCUT2D eigenvalue weighted by Gasteiger charge is -2.34. The van der Waals surface area contributed by atoms with Gasteiger partial charge in [0.15, 0.2) is 0 Å². The summed E-state index contributed by atoms with van der Waals surface area (Å²) in [5, 5.41) is 3.85. The number of anilines is 4. The first-order valence-corrected chi connectivity index (χ1v) is 24.9. The molecule has 0 radical (unpaired) electrons. The van der Waals surface area contributed by atoms with Crippen LogP contribution in [0.2, 0.25) is 0 Å². The lowest BCUT2D eigenvalue weighted by atomic mass is 9.84. The summed E-state index contributed by atoms with van der Waals surface area (Å²) < 4.78 is 2.40. The van der Waals surface area contributed by atoms with Crippen LogP contribution in [-0.2, 0) is 6.42 Å². The topological polar surface area (TPSA) is 24.3 Å². The van der Waals surface area contributed by atoms with Crippen molar-refractivity contribution < 1.29 is 0 Å². The number of fused-ring (bicyclic) bond motifs is 9. The van der Waals surface area contributed by atoms with Crippen LogP contribution in [0.15, 0.2) is 206 Å². The molecular formula is C66H54N4. The van der Waals surface area contributed by atoms with Crippen molar-refractivity contribution in [1.29, 1.82) is 0 Å². The quantitative estimate of drug-likeness (QED) is 0.152. The normalized spacial score (nSPS) is 16.8. The van der Waals surface area contributed by atoms with Gasteiger partial charge in [-0.1, -0.05) is 121 Å². The molecular weight excluding hydrogens is 849 g/mol. The van der Waals surface area contributed by atoms with Gasteiger partial charge in [-0.25, -0.2) is 0 Å². The Morgan fingerprint density at radius 2 is 1.47 bits per heavy atom. The molecule has 1 aliphatic heterocycles. The van der Waals surface area contributed by atoms with E-state index in [1.165, 1.54) is 128 Å². The molecule has 0 spiro atoms. The number of aryl methyl sites for hydroxylation is 3. The summed E-state index contributed by atoms with van der Waals surface area (Å²) in [6, 6.07) is 57.0. The van der Waals surface area contributed by atoms with Gasteiger partial charge in [-0.05, 0) is 197 Å². The molecule has 338 valence electrons. The zero-order valence-corrected chi connectivity index (χ0v) is 40.2. The highest BCUT2D eigenvalue weighted by Crippen LogP contribution is 2.55. The summed E-state index contributed by atoms with van der Waals surface area (Å²) >= 11 is 0. The van der Waals surface area contributed by atoms with Crippen LogP contribution in [0, 0.1) is 20.8 Å². The van der Waals surface area contributed by atoms with E-state index in [1.807, 2.05) is 12.4 Å². The monoisotopic (exact) mass is 902 g/mol. The average Bonchev–Trinajstić information content (AvgIpc) is 4.04. The summed E-state index contributed by atoms with van der Waals surface area (Å²) in [5.74, 6) is 0.231. The van der Waals surface area contributed by atoms with E-state index in [0.717, 1.165) is 19.3 Å². The number of hydrogen-bond donors (Lipinski definition) is 0. The van der Waals surface area contributed by atoms with Crippen LogP contribution < -0.4 is 9.80 Å². The van der Waals surface area contributed by atoms with Crippen LogP contribution >= 0.6 is 0 Å². The predicted octanol–water partition coefficient (Wildman–Crippen LogP) is 17.0. The fourth-order valence-corrected chi connectivity index (χ4v) is 12.1. The first kappa shape index (κ1) is 41.9. The fourth-order valence-electron chi connectivity index (χ4n) is 12.1. The molecule has 9 aromatic rings. The van der Waals surface area contributed by atoms with E-state index in [4.69, 9.17) is 0 Å². The largest absolute Gasteiger partial charge is 0.334 e. The Kier molecular flexibility index (Phi) is 10.1. The predicted molar refractivity (Wildman–Crippen MR) is 295 cm³/mol. The summed E-state index contributed by atoms with van der Waals surface area (Å²) in [6.45, 7) is 8.74. The smallest absolute Gasteiger partial charge is 0.0568 e. The van der Waals surface area contributed by atoms with Gasteiger partial charge in [0, 0.05) is 57.8 Å². The molecule has 13 rings (SSSR count). The van der Waals surface area contributed by atoms with Gasteiger partial charge < -0.3 is 14.4 Å². The molecule has 2 aromatic heterocycles. The number of aromatic nitrogens is 2. The first-order valence-electron chi connectivity index (χ1n) is 24.9. The molecule has 2 unspecified atom stereocenters. The second kappa shape index (κ2) is 16.8. The lowest BCUT2D eigenvalue weighted by Crippen LogP contribution is -2.30. The van der Waals surface area contributed by atoms with E-state index in [9.17, 15) is 0 Å². The number of rotatable bonds is 8. The molecule has 0 fully saturated rings. The number of hydrogen-bond acceptors (Lipinski definition) is 3. The van der Waals surface area contributed by atoms with E-state index < -0.39 is 0 Å². The van der Waals surface area contributed by atoms with E-state index in [2.05, 4.69) is 241 Å². The van der Waals surface area contributed by atoms with Gasteiger partial charge in [0.05, 0.1) is 17.2 Å². The second-order valence-electron chi connectivity index (χ2n) is 19.5. The zero-order valence-electron chi connectivity index (χ0n) is 40.2. The van der Waals surface area contributed by atoms with Crippen LogP contribution in [0.3, 0.4) is 0 Å². The molecule has 7 aromatic carbocycles. The molecule has 0 saturated heterocycles. The summed E-state index contributed by atoms with van der Waals surface area (Å²) in [4.78, 5) is 9.54. The van der Waals surface area contributed by atoms with Crippen LogP contribution in [0.4, 0.5) is 22.7 Å². The molecule has 4 aliphatic rings. The standard InChI is InChI=1S/C66H54N4/c1-5-13-62-44(4)61-41-67-35-34-64(61)69(62)53-31-29-52(30-32-53)68(54-26-20-43(3)57(39-54)55-18-11-9-14-42(55)2)51-27-23-45(24-28-51)46-25-33-63-59(37-46)60-40-58-48(38-65(60)70(63)50-16-7-6-8-17-50)21-22-49-36-47-15-10-12-19-56(47)66(49)58/h5-29,31-35,38-41,52,59H,30,36-37H2,1-4H3/b13-5-. The molecule has 4 nitrogen and oxygen atoms in total. The van der Waals surface area contributed by atoms with Crippen molar-refractivity contribution in [3.8, 4) is 22.3 Å². The summed E-state index contributed by atoms with van der Waals surface area (Å²) in [6.07, 6.45) is 22.9. The minimum absolute atomic E-state index is 0.0957. The zero-order chi connectivity index (χ0) is 47.0. The third kappa shape index (κ3) is 6.76. The van der Waals surface area contributed by atoms with Gasteiger partial charge in [0.2, 0.25) is 0 Å². The molecule has 0 bridgehead atoms. The highest BCUT2D eigenvalue weighted by atomic mass is 15.2. The number of nitrogens with zero attached hydrogens (tertiary/aromatic N) is 4. The van der Waals surface area contributed by atoms with Crippen LogP contribution in [0.25, 0.3) is 61.3 Å². The Bertz CT molecular complexity index is 3750. The Hall–Kier alpha value is -8.21. The number of allylic oxidation sites excluding steroid dienone is 7. The van der Waals surface area contributed by atoms with Crippen molar-refractivity contribution in [2.45, 2.75) is 58.9 Å². The SMILES string of the molecule is C/C=C\c1c(C)c2cnccc2n1C1=CCC(N(c2ccc(C3=CC=C4C(C3)c3cc5c6c(ccc5cc3N4c3ccccc3)Cc3ccccc3-6)cc2)c2ccc(C)c(-c3ccccc3C)c2)C=C1. The van der Waals surface area contributed by atoms with Crippen molar-refractivity contribution in [2.24, 2.45) is 0 Å². The maximum atomic E-state index is 4.49. The highest BCUT2D eigenvalue weighted by Gasteiger charge is 2.38. The number of pyridine rings is 1. The third-order valence-electron chi connectivity index (χ3n) is 15.5. The fraction of sp³-hybridized carbons (Fsp3) is 0.136. The first-order chi connectivity index (χ1) is 34.4. The van der Waals surface area contributed by atoms with Crippen molar-refractivity contribution in [3.63, 3.8) is 0 Å². The van der Waals surface area contributed by atoms with Gasteiger partial charge in [-0.3, -0.25) is 4.98 Å². The Morgan fingerprint density at radius 3 is 2.29 bits per heavy atom.